The number of fused-ring (bicyclic) bond motifs is 1. The zero-order valence-electron chi connectivity index (χ0n) is 11.8. The molecule has 0 radical (unpaired) electrons. The van der Waals surface area contributed by atoms with E-state index in [4.69, 9.17) is 16.3 Å². The lowest BCUT2D eigenvalue weighted by atomic mass is 9.82. The largest absolute Gasteiger partial charge is 0.370 e. The van der Waals surface area contributed by atoms with Crippen molar-refractivity contribution < 1.29 is 4.74 Å². The van der Waals surface area contributed by atoms with E-state index in [1.807, 2.05) is 11.4 Å². The van der Waals surface area contributed by atoms with Crippen LogP contribution >= 0.6 is 22.9 Å². The van der Waals surface area contributed by atoms with Gasteiger partial charge in [-0.15, -0.1) is 11.3 Å². The van der Waals surface area contributed by atoms with Gasteiger partial charge in [-0.2, -0.15) is 0 Å². The first kappa shape index (κ1) is 14.2. The van der Waals surface area contributed by atoms with E-state index in [1.165, 1.54) is 6.42 Å². The third-order valence-corrected chi connectivity index (χ3v) is 5.00. The van der Waals surface area contributed by atoms with Crippen LogP contribution in [0.25, 0.3) is 10.2 Å². The number of aromatic nitrogens is 2. The Balaban J connectivity index is 1.67. The Bertz CT molecular complexity index is 591. The molecule has 20 heavy (non-hydrogen) atoms. The fourth-order valence-corrected chi connectivity index (χ4v) is 4.22. The van der Waals surface area contributed by atoms with Gasteiger partial charge in [-0.1, -0.05) is 25.4 Å². The van der Waals surface area contributed by atoms with Crippen LogP contribution in [0.4, 0.5) is 0 Å². The molecular formula is C15H19ClN2OS. The maximum Gasteiger partial charge on any atom is 0.157 e. The Morgan fingerprint density at radius 2 is 2.00 bits per heavy atom. The number of rotatable bonds is 3. The minimum absolute atomic E-state index is 0.329. The molecule has 0 amide bonds. The summed E-state index contributed by atoms with van der Waals surface area (Å²) in [6.07, 6.45) is 3.91. The molecule has 2 aromatic rings. The van der Waals surface area contributed by atoms with Crippen molar-refractivity contribution >= 4 is 33.2 Å². The first-order valence-electron chi connectivity index (χ1n) is 7.13. The second kappa shape index (κ2) is 5.96. The number of hydrogen-bond donors (Lipinski definition) is 0. The Morgan fingerprint density at radius 1 is 1.25 bits per heavy atom. The summed E-state index contributed by atoms with van der Waals surface area (Å²) in [5.74, 6) is 2.18. The molecule has 0 aromatic carbocycles. The van der Waals surface area contributed by atoms with Crippen LogP contribution in [-0.2, 0) is 11.3 Å². The Labute approximate surface area is 128 Å². The second-order valence-corrected chi connectivity index (χ2v) is 7.17. The SMILES string of the molecule is CC1CC(C)CC(OCc2nc(Cl)c3ccsc3n2)C1. The fourth-order valence-electron chi connectivity index (χ4n) is 3.13. The Kier molecular flexibility index (Phi) is 4.24. The van der Waals surface area contributed by atoms with Gasteiger partial charge in [0.15, 0.2) is 5.82 Å². The van der Waals surface area contributed by atoms with Crippen molar-refractivity contribution in [3.8, 4) is 0 Å². The maximum atomic E-state index is 6.17. The van der Waals surface area contributed by atoms with Crippen LogP contribution < -0.4 is 0 Å². The number of thiophene rings is 1. The third-order valence-electron chi connectivity index (χ3n) is 3.91. The smallest absolute Gasteiger partial charge is 0.157 e. The average molecular weight is 311 g/mol. The Hall–Kier alpha value is -0.710. The molecule has 108 valence electrons. The van der Waals surface area contributed by atoms with Gasteiger partial charge >= 0.3 is 0 Å². The van der Waals surface area contributed by atoms with E-state index in [9.17, 15) is 0 Å². The first-order valence-corrected chi connectivity index (χ1v) is 8.38. The first-order chi connectivity index (χ1) is 9.61. The molecule has 5 heteroatoms. The molecule has 1 saturated carbocycles. The van der Waals surface area contributed by atoms with Crippen molar-refractivity contribution in [2.45, 2.75) is 45.8 Å². The van der Waals surface area contributed by atoms with Gasteiger partial charge < -0.3 is 4.74 Å². The molecule has 3 nitrogen and oxygen atoms in total. The number of hydrogen-bond acceptors (Lipinski definition) is 4. The molecule has 1 aliphatic carbocycles. The molecule has 0 spiro atoms. The van der Waals surface area contributed by atoms with Crippen molar-refractivity contribution in [2.24, 2.45) is 11.8 Å². The molecule has 2 heterocycles. The highest BCUT2D eigenvalue weighted by Crippen LogP contribution is 2.31. The van der Waals surface area contributed by atoms with Crippen LogP contribution in [0.3, 0.4) is 0 Å². The monoisotopic (exact) mass is 310 g/mol. The molecule has 1 fully saturated rings. The molecule has 0 bridgehead atoms. The second-order valence-electron chi connectivity index (χ2n) is 5.92. The number of halogens is 1. The van der Waals surface area contributed by atoms with Crippen LogP contribution in [0.1, 0.15) is 38.9 Å². The van der Waals surface area contributed by atoms with Gasteiger partial charge in [-0.05, 0) is 42.5 Å². The summed E-state index contributed by atoms with van der Waals surface area (Å²) in [4.78, 5) is 9.79. The van der Waals surface area contributed by atoms with Crippen molar-refractivity contribution in [1.82, 2.24) is 9.97 Å². The summed E-state index contributed by atoms with van der Waals surface area (Å²) in [5.41, 5.74) is 0. The quantitative estimate of drug-likeness (QED) is 0.772. The number of ether oxygens (including phenoxy) is 1. The van der Waals surface area contributed by atoms with Gasteiger partial charge in [0, 0.05) is 5.39 Å². The molecule has 2 atom stereocenters. The van der Waals surface area contributed by atoms with Crippen molar-refractivity contribution in [1.29, 1.82) is 0 Å². The van der Waals surface area contributed by atoms with Crippen LogP contribution in [0.5, 0.6) is 0 Å². The van der Waals surface area contributed by atoms with Crippen LogP contribution in [0.15, 0.2) is 11.4 Å². The molecule has 0 N–H and O–H groups in total. The zero-order chi connectivity index (χ0) is 14.1. The standard InChI is InChI=1S/C15H19ClN2OS/c1-9-5-10(2)7-11(6-9)19-8-13-17-14(16)12-3-4-20-15(12)18-13/h3-4,9-11H,5-8H2,1-2H3. The molecule has 0 saturated heterocycles. The van der Waals surface area contributed by atoms with E-state index in [0.29, 0.717) is 23.7 Å². The summed E-state index contributed by atoms with van der Waals surface area (Å²) in [6.45, 7) is 5.06. The van der Waals surface area contributed by atoms with Crippen molar-refractivity contribution in [2.75, 3.05) is 0 Å². The van der Waals surface area contributed by atoms with Gasteiger partial charge in [-0.25, -0.2) is 9.97 Å². The van der Waals surface area contributed by atoms with Crippen LogP contribution in [0.2, 0.25) is 5.15 Å². The highest BCUT2D eigenvalue weighted by Gasteiger charge is 2.24. The predicted molar refractivity (Wildman–Crippen MR) is 83.2 cm³/mol. The van der Waals surface area contributed by atoms with E-state index < -0.39 is 0 Å². The minimum Gasteiger partial charge on any atom is -0.370 e. The van der Waals surface area contributed by atoms with Gasteiger partial charge in [0.2, 0.25) is 0 Å². The highest BCUT2D eigenvalue weighted by molar-refractivity contribution is 7.16. The highest BCUT2D eigenvalue weighted by atomic mass is 35.5. The zero-order valence-corrected chi connectivity index (χ0v) is 13.4. The lowest BCUT2D eigenvalue weighted by Crippen LogP contribution is -2.26. The summed E-state index contributed by atoms with van der Waals surface area (Å²) in [5, 5.41) is 3.45. The van der Waals surface area contributed by atoms with Gasteiger partial charge in [0.1, 0.15) is 16.6 Å². The van der Waals surface area contributed by atoms with E-state index >= 15 is 0 Å². The van der Waals surface area contributed by atoms with E-state index in [1.54, 1.807) is 11.3 Å². The molecule has 3 rings (SSSR count). The van der Waals surface area contributed by atoms with Gasteiger partial charge in [-0.3, -0.25) is 0 Å². The predicted octanol–water partition coefficient (Wildman–Crippen LogP) is 4.69. The molecule has 2 aromatic heterocycles. The minimum atomic E-state index is 0.329. The van der Waals surface area contributed by atoms with Crippen molar-refractivity contribution in [3.05, 3.63) is 22.4 Å². The lowest BCUT2D eigenvalue weighted by molar-refractivity contribution is -0.0118. The molecule has 2 unspecified atom stereocenters. The summed E-state index contributed by atoms with van der Waals surface area (Å²) < 4.78 is 6.01. The van der Waals surface area contributed by atoms with E-state index in [-0.39, 0.29) is 0 Å². The maximum absolute atomic E-state index is 6.17. The summed E-state index contributed by atoms with van der Waals surface area (Å²) in [7, 11) is 0. The summed E-state index contributed by atoms with van der Waals surface area (Å²) >= 11 is 7.76. The van der Waals surface area contributed by atoms with Crippen LogP contribution in [-0.4, -0.2) is 16.1 Å². The third kappa shape index (κ3) is 3.13. The van der Waals surface area contributed by atoms with Crippen molar-refractivity contribution in [3.63, 3.8) is 0 Å². The normalized spacial score (nSPS) is 27.1. The van der Waals surface area contributed by atoms with Crippen LogP contribution in [0, 0.1) is 11.8 Å². The topological polar surface area (TPSA) is 35.0 Å². The van der Waals surface area contributed by atoms with E-state index in [2.05, 4.69) is 23.8 Å². The van der Waals surface area contributed by atoms with Gasteiger partial charge in [0.25, 0.3) is 0 Å². The molecule has 1 aliphatic rings. The average Bonchev–Trinajstić information content (AvgIpc) is 2.84. The van der Waals surface area contributed by atoms with Gasteiger partial charge in [0.05, 0.1) is 6.10 Å². The number of nitrogens with zero attached hydrogens (tertiary/aromatic N) is 2. The van der Waals surface area contributed by atoms with E-state index in [0.717, 1.165) is 34.9 Å². The Morgan fingerprint density at radius 3 is 2.75 bits per heavy atom. The molecular weight excluding hydrogens is 292 g/mol. The fraction of sp³-hybridized carbons (Fsp3) is 0.600. The summed E-state index contributed by atoms with van der Waals surface area (Å²) in [6, 6.07) is 1.96. The lowest BCUT2D eigenvalue weighted by Gasteiger charge is -2.31. The molecule has 0 aliphatic heterocycles.